The van der Waals surface area contributed by atoms with E-state index in [1.54, 1.807) is 26.2 Å². The minimum absolute atomic E-state index is 0.0544. The Morgan fingerprint density at radius 2 is 2.00 bits per heavy atom. The van der Waals surface area contributed by atoms with Crippen molar-refractivity contribution >= 4 is 29.1 Å². The Bertz CT molecular complexity index is 1050. The van der Waals surface area contributed by atoms with Crippen LogP contribution in [-0.2, 0) is 15.1 Å². The molecule has 2 aromatic carbocycles. The van der Waals surface area contributed by atoms with E-state index in [1.807, 2.05) is 0 Å². The zero-order valence-corrected chi connectivity index (χ0v) is 17.1. The molecule has 1 saturated heterocycles. The molecule has 0 aliphatic carbocycles. The lowest BCUT2D eigenvalue weighted by molar-refractivity contribution is -0.138. The first-order chi connectivity index (χ1) is 14.2. The molecule has 30 heavy (non-hydrogen) atoms. The Labute approximate surface area is 177 Å². The Morgan fingerprint density at radius 3 is 2.70 bits per heavy atom. The lowest BCUT2D eigenvalue weighted by Crippen LogP contribution is -2.57. The van der Waals surface area contributed by atoms with Crippen LogP contribution < -0.4 is 5.32 Å². The van der Waals surface area contributed by atoms with Gasteiger partial charge in [0.1, 0.15) is 0 Å². The van der Waals surface area contributed by atoms with Crippen molar-refractivity contribution in [3.63, 3.8) is 0 Å². The highest BCUT2D eigenvalue weighted by atomic mass is 35.5. The molecule has 9 heteroatoms. The summed E-state index contributed by atoms with van der Waals surface area (Å²) >= 11 is 6.19. The van der Waals surface area contributed by atoms with Crippen molar-refractivity contribution in [2.75, 3.05) is 26.0 Å². The van der Waals surface area contributed by atoms with Crippen LogP contribution >= 0.6 is 11.6 Å². The SMILES string of the molecule is CN(C)C(=O)[C@@H]1C[C@@H](O)CN1C1(c2cccc(F)c2F)C(=O)Nc2ccc(Cl)cc21. The summed E-state index contributed by atoms with van der Waals surface area (Å²) in [5, 5.41) is 13.4. The van der Waals surface area contributed by atoms with Gasteiger partial charge in [-0.1, -0.05) is 23.7 Å². The molecule has 2 N–H and O–H groups in total. The number of carbonyl (C=O) groups is 2. The van der Waals surface area contributed by atoms with Gasteiger partial charge < -0.3 is 15.3 Å². The number of nitrogens with zero attached hydrogens (tertiary/aromatic N) is 2. The van der Waals surface area contributed by atoms with Gasteiger partial charge in [-0.15, -0.1) is 0 Å². The summed E-state index contributed by atoms with van der Waals surface area (Å²) in [5.41, 5.74) is -1.44. The molecular formula is C21H20ClF2N3O3. The quantitative estimate of drug-likeness (QED) is 0.776. The minimum Gasteiger partial charge on any atom is -0.392 e. The number of rotatable bonds is 3. The molecule has 2 aliphatic rings. The van der Waals surface area contributed by atoms with E-state index < -0.39 is 35.2 Å². The number of halogens is 3. The predicted molar refractivity (Wildman–Crippen MR) is 107 cm³/mol. The first-order valence-electron chi connectivity index (χ1n) is 9.39. The van der Waals surface area contributed by atoms with Crippen LogP contribution in [0.4, 0.5) is 14.5 Å². The smallest absolute Gasteiger partial charge is 0.254 e. The number of aliphatic hydroxyl groups is 1. The maximum Gasteiger partial charge on any atom is 0.254 e. The van der Waals surface area contributed by atoms with Crippen molar-refractivity contribution in [3.8, 4) is 0 Å². The number of nitrogens with one attached hydrogen (secondary N) is 1. The number of aliphatic hydroxyl groups excluding tert-OH is 1. The molecule has 6 nitrogen and oxygen atoms in total. The highest BCUT2D eigenvalue weighted by Gasteiger charge is 2.59. The van der Waals surface area contributed by atoms with Gasteiger partial charge >= 0.3 is 0 Å². The third-order valence-corrected chi connectivity index (χ3v) is 5.96. The fourth-order valence-electron chi connectivity index (χ4n) is 4.47. The Kier molecular flexibility index (Phi) is 5.04. The summed E-state index contributed by atoms with van der Waals surface area (Å²) in [6.45, 7) is -0.0838. The molecule has 2 aliphatic heterocycles. The van der Waals surface area contributed by atoms with Gasteiger partial charge in [-0.2, -0.15) is 0 Å². The molecule has 0 radical (unpaired) electrons. The number of β-amino-alcohol motifs (C(OH)–C–C–N with tert-alkyl or cyclic N) is 1. The Balaban J connectivity index is 2.04. The highest BCUT2D eigenvalue weighted by molar-refractivity contribution is 6.31. The van der Waals surface area contributed by atoms with Crippen molar-refractivity contribution < 1.29 is 23.5 Å². The zero-order chi connectivity index (χ0) is 21.8. The number of hydrogen-bond donors (Lipinski definition) is 2. The Morgan fingerprint density at radius 1 is 1.27 bits per heavy atom. The predicted octanol–water partition coefficient (Wildman–Crippen LogP) is 2.34. The number of hydrogen-bond acceptors (Lipinski definition) is 4. The van der Waals surface area contributed by atoms with Crippen molar-refractivity contribution in [2.24, 2.45) is 0 Å². The summed E-state index contributed by atoms with van der Waals surface area (Å²) in [5.74, 6) is -3.32. The third kappa shape index (κ3) is 2.90. The standard InChI is InChI=1S/C21H20ClF2N3O3/c1-26(2)19(29)17-9-12(28)10-27(17)21(13-4-3-5-15(23)18(13)24)14-8-11(22)6-7-16(14)25-20(21)30/h3-8,12,17,28H,9-10H2,1-2H3,(H,25,30)/t12-,17+,21?/m1/s1. The first-order valence-corrected chi connectivity index (χ1v) is 9.77. The van der Waals surface area contributed by atoms with E-state index >= 15 is 4.39 Å². The van der Waals surface area contributed by atoms with Crippen LogP contribution in [0.1, 0.15) is 17.5 Å². The van der Waals surface area contributed by atoms with Crippen LogP contribution in [0.15, 0.2) is 36.4 Å². The van der Waals surface area contributed by atoms with Gasteiger partial charge in [0.2, 0.25) is 5.91 Å². The second kappa shape index (κ2) is 7.30. The molecule has 3 atom stereocenters. The first kappa shape index (κ1) is 20.7. The normalized spacial score (nSPS) is 25.9. The minimum atomic E-state index is -1.87. The molecule has 2 aromatic rings. The van der Waals surface area contributed by atoms with Crippen LogP contribution in [0.5, 0.6) is 0 Å². The van der Waals surface area contributed by atoms with Gasteiger partial charge in [0.05, 0.1) is 12.1 Å². The van der Waals surface area contributed by atoms with Crippen LogP contribution in [-0.4, -0.2) is 59.5 Å². The van der Waals surface area contributed by atoms with Crippen LogP contribution in [0.2, 0.25) is 5.02 Å². The maximum atomic E-state index is 15.1. The maximum absolute atomic E-state index is 15.1. The van der Waals surface area contributed by atoms with Crippen molar-refractivity contribution in [1.29, 1.82) is 0 Å². The monoisotopic (exact) mass is 435 g/mol. The number of carbonyl (C=O) groups excluding carboxylic acids is 2. The molecule has 2 heterocycles. The molecule has 0 spiro atoms. The number of likely N-dealkylation sites (tertiary alicyclic amines) is 1. The van der Waals surface area contributed by atoms with Crippen LogP contribution in [0.3, 0.4) is 0 Å². The summed E-state index contributed by atoms with van der Waals surface area (Å²) in [6.07, 6.45) is -0.873. The molecule has 158 valence electrons. The highest BCUT2D eigenvalue weighted by Crippen LogP contribution is 2.50. The summed E-state index contributed by atoms with van der Waals surface area (Å²) < 4.78 is 29.4. The topological polar surface area (TPSA) is 72.9 Å². The second-order valence-electron chi connectivity index (χ2n) is 7.75. The van der Waals surface area contributed by atoms with Gasteiger partial charge in [-0.3, -0.25) is 14.5 Å². The summed E-state index contributed by atoms with van der Waals surface area (Å²) in [7, 11) is 3.11. The van der Waals surface area contributed by atoms with Crippen molar-refractivity contribution in [3.05, 3.63) is 64.2 Å². The molecule has 2 amide bonds. The van der Waals surface area contributed by atoms with Gasteiger partial charge in [0.25, 0.3) is 5.91 Å². The largest absolute Gasteiger partial charge is 0.392 e. The van der Waals surface area contributed by atoms with Gasteiger partial charge in [-0.25, -0.2) is 8.78 Å². The fraction of sp³-hybridized carbons (Fsp3) is 0.333. The molecule has 0 bridgehead atoms. The number of amides is 2. The lowest BCUT2D eigenvalue weighted by Gasteiger charge is -2.41. The van der Waals surface area contributed by atoms with Crippen molar-refractivity contribution in [2.45, 2.75) is 24.1 Å². The summed E-state index contributed by atoms with van der Waals surface area (Å²) in [4.78, 5) is 29.2. The molecular weight excluding hydrogens is 416 g/mol. The van der Waals surface area contributed by atoms with Crippen LogP contribution in [0, 0.1) is 11.6 Å². The van der Waals surface area contributed by atoms with E-state index in [-0.39, 0.29) is 24.4 Å². The second-order valence-corrected chi connectivity index (χ2v) is 8.18. The van der Waals surface area contributed by atoms with E-state index in [4.69, 9.17) is 11.6 Å². The average Bonchev–Trinajstić information content (AvgIpc) is 3.21. The lowest BCUT2D eigenvalue weighted by atomic mass is 9.81. The van der Waals surface area contributed by atoms with E-state index in [9.17, 15) is 19.1 Å². The van der Waals surface area contributed by atoms with Crippen LogP contribution in [0.25, 0.3) is 0 Å². The molecule has 1 unspecified atom stereocenters. The fourth-order valence-corrected chi connectivity index (χ4v) is 4.64. The van der Waals surface area contributed by atoms with Gasteiger partial charge in [-0.05, 0) is 30.7 Å². The van der Waals surface area contributed by atoms with E-state index in [0.717, 1.165) is 6.07 Å². The number of benzene rings is 2. The number of fused-ring (bicyclic) bond motifs is 1. The Hall–Kier alpha value is -2.55. The van der Waals surface area contributed by atoms with Gasteiger partial charge in [0, 0.05) is 42.5 Å². The molecule has 1 fully saturated rings. The van der Waals surface area contributed by atoms with Gasteiger partial charge in [0.15, 0.2) is 17.2 Å². The third-order valence-electron chi connectivity index (χ3n) is 5.73. The molecule has 4 rings (SSSR count). The molecule has 0 aromatic heterocycles. The van der Waals surface area contributed by atoms with E-state index in [2.05, 4.69) is 5.32 Å². The number of anilines is 1. The number of likely N-dealkylation sites (N-methyl/N-ethyl adjacent to an activating group) is 1. The van der Waals surface area contributed by atoms with Crippen molar-refractivity contribution in [1.82, 2.24) is 9.80 Å². The average molecular weight is 436 g/mol. The molecule has 0 saturated carbocycles. The zero-order valence-electron chi connectivity index (χ0n) is 16.3. The summed E-state index contributed by atoms with van der Waals surface area (Å²) in [6, 6.07) is 7.30. The van der Waals surface area contributed by atoms with E-state index in [0.29, 0.717) is 16.3 Å². The van der Waals surface area contributed by atoms with E-state index in [1.165, 1.54) is 28.0 Å².